The minimum atomic E-state index is -2.92. The summed E-state index contributed by atoms with van der Waals surface area (Å²) in [5.74, 6) is -0.390. The minimum absolute atomic E-state index is 0.0228. The molecule has 27 heavy (non-hydrogen) atoms. The number of carbonyl (C=O) groups is 2. The van der Waals surface area contributed by atoms with E-state index in [-0.39, 0.29) is 18.2 Å². The van der Waals surface area contributed by atoms with Crippen molar-refractivity contribution in [2.24, 2.45) is 0 Å². The average Bonchev–Trinajstić information content (AvgIpc) is 2.57. The van der Waals surface area contributed by atoms with Crippen LogP contribution in [-0.4, -0.2) is 36.3 Å². The molecule has 0 radical (unpaired) electrons. The number of hydrogen-bond acceptors (Lipinski definition) is 4. The van der Waals surface area contributed by atoms with Crippen molar-refractivity contribution in [1.29, 1.82) is 0 Å². The fourth-order valence-electron chi connectivity index (χ4n) is 2.38. The quantitative estimate of drug-likeness (QED) is 0.705. The van der Waals surface area contributed by atoms with Gasteiger partial charge in [0.05, 0.1) is 5.54 Å². The first-order valence-corrected chi connectivity index (χ1v) is 8.84. The molecule has 1 aromatic carbocycles. The highest BCUT2D eigenvalue weighted by atomic mass is 19.3. The van der Waals surface area contributed by atoms with Gasteiger partial charge in [-0.1, -0.05) is 13.8 Å². The largest absolute Gasteiger partial charge is 0.444 e. The zero-order valence-corrected chi connectivity index (χ0v) is 16.4. The molecule has 0 aliphatic rings. The van der Waals surface area contributed by atoms with Crippen molar-refractivity contribution in [1.82, 2.24) is 10.6 Å². The van der Waals surface area contributed by atoms with E-state index in [1.807, 2.05) is 13.8 Å². The number of halogens is 2. The molecule has 6 nitrogen and oxygen atoms in total. The predicted molar refractivity (Wildman–Crippen MR) is 98.1 cm³/mol. The number of benzene rings is 1. The third-order valence-corrected chi connectivity index (χ3v) is 4.04. The molecule has 0 spiro atoms. The number of hydrogen-bond donors (Lipinski definition) is 2. The smallest absolute Gasteiger partial charge is 0.407 e. The molecule has 0 aromatic heterocycles. The molecule has 0 saturated heterocycles. The van der Waals surface area contributed by atoms with Crippen LogP contribution >= 0.6 is 0 Å². The Balaban J connectivity index is 2.76. The number of carbonyl (C=O) groups excluding carboxylic acids is 2. The summed E-state index contributed by atoms with van der Waals surface area (Å²) in [6, 6.07) is 5.42. The van der Waals surface area contributed by atoms with Crippen LogP contribution in [0.5, 0.6) is 5.75 Å². The van der Waals surface area contributed by atoms with Gasteiger partial charge >= 0.3 is 12.7 Å². The van der Waals surface area contributed by atoms with Crippen molar-refractivity contribution < 1.29 is 27.8 Å². The first-order valence-electron chi connectivity index (χ1n) is 8.84. The number of ether oxygens (including phenoxy) is 2. The maximum atomic E-state index is 12.5. The van der Waals surface area contributed by atoms with Gasteiger partial charge in [-0.2, -0.15) is 8.78 Å². The van der Waals surface area contributed by atoms with Gasteiger partial charge in [0.25, 0.3) is 5.91 Å². The molecule has 2 N–H and O–H groups in total. The SMILES string of the molecule is CCC(CC)(CNC(=O)OC(C)(C)C)NC(=O)c1ccc(OC(F)F)cc1. The zero-order valence-electron chi connectivity index (χ0n) is 16.4. The first-order chi connectivity index (χ1) is 12.5. The Kier molecular flexibility index (Phi) is 7.99. The van der Waals surface area contributed by atoms with Gasteiger partial charge < -0.3 is 20.1 Å². The second-order valence-electron chi connectivity index (χ2n) is 7.20. The number of nitrogens with one attached hydrogen (secondary N) is 2. The van der Waals surface area contributed by atoms with Gasteiger partial charge in [0.2, 0.25) is 0 Å². The summed E-state index contributed by atoms with van der Waals surface area (Å²) in [4.78, 5) is 24.4. The van der Waals surface area contributed by atoms with Crippen LogP contribution in [0, 0.1) is 0 Å². The Morgan fingerprint density at radius 2 is 1.63 bits per heavy atom. The lowest BCUT2D eigenvalue weighted by Gasteiger charge is -2.33. The summed E-state index contributed by atoms with van der Waals surface area (Å²) in [5.41, 5.74) is -0.969. The van der Waals surface area contributed by atoms with Crippen molar-refractivity contribution >= 4 is 12.0 Å². The summed E-state index contributed by atoms with van der Waals surface area (Å²) in [5, 5.41) is 5.62. The van der Waals surface area contributed by atoms with Crippen LogP contribution in [0.1, 0.15) is 57.8 Å². The highest BCUT2D eigenvalue weighted by molar-refractivity contribution is 5.94. The van der Waals surface area contributed by atoms with Gasteiger partial charge in [0, 0.05) is 12.1 Å². The molecule has 0 aliphatic heterocycles. The lowest BCUT2D eigenvalue weighted by atomic mass is 9.92. The molecule has 0 bridgehead atoms. The topological polar surface area (TPSA) is 76.7 Å². The molecule has 0 heterocycles. The van der Waals surface area contributed by atoms with Gasteiger partial charge in [-0.25, -0.2) is 4.79 Å². The summed E-state index contributed by atoms with van der Waals surface area (Å²) >= 11 is 0. The molecular weight excluding hydrogens is 358 g/mol. The van der Waals surface area contributed by atoms with E-state index in [9.17, 15) is 18.4 Å². The molecule has 152 valence electrons. The Labute approximate surface area is 158 Å². The van der Waals surface area contributed by atoms with Crippen molar-refractivity contribution in [3.05, 3.63) is 29.8 Å². The molecule has 1 rings (SSSR count). The number of alkyl carbamates (subject to hydrolysis) is 1. The van der Waals surface area contributed by atoms with Crippen molar-refractivity contribution in [2.45, 2.75) is 65.2 Å². The number of rotatable bonds is 8. The van der Waals surface area contributed by atoms with E-state index in [2.05, 4.69) is 15.4 Å². The summed E-state index contributed by atoms with van der Waals surface area (Å²) in [6.07, 6.45) is 0.603. The van der Waals surface area contributed by atoms with E-state index >= 15 is 0 Å². The van der Waals surface area contributed by atoms with E-state index in [1.54, 1.807) is 20.8 Å². The third kappa shape index (κ3) is 7.80. The number of alkyl halides is 2. The molecule has 8 heteroatoms. The van der Waals surface area contributed by atoms with E-state index < -0.39 is 23.8 Å². The lowest BCUT2D eigenvalue weighted by molar-refractivity contribution is -0.0498. The fourth-order valence-corrected chi connectivity index (χ4v) is 2.38. The Morgan fingerprint density at radius 3 is 2.07 bits per heavy atom. The third-order valence-electron chi connectivity index (χ3n) is 4.04. The monoisotopic (exact) mass is 386 g/mol. The van der Waals surface area contributed by atoms with Gasteiger partial charge in [0.1, 0.15) is 11.4 Å². The first kappa shape index (κ1) is 22.7. The maximum Gasteiger partial charge on any atom is 0.407 e. The van der Waals surface area contributed by atoms with Gasteiger partial charge in [-0.3, -0.25) is 4.79 Å². The van der Waals surface area contributed by atoms with Crippen molar-refractivity contribution in [3.8, 4) is 5.75 Å². The van der Waals surface area contributed by atoms with Crippen LogP contribution in [0.25, 0.3) is 0 Å². The minimum Gasteiger partial charge on any atom is -0.444 e. The summed E-state index contributed by atoms with van der Waals surface area (Å²) in [7, 11) is 0. The Hall–Kier alpha value is -2.38. The van der Waals surface area contributed by atoms with E-state index in [1.165, 1.54) is 24.3 Å². The van der Waals surface area contributed by atoms with Crippen LogP contribution in [0.2, 0.25) is 0 Å². The van der Waals surface area contributed by atoms with E-state index in [4.69, 9.17) is 4.74 Å². The van der Waals surface area contributed by atoms with Crippen LogP contribution in [0.4, 0.5) is 13.6 Å². The van der Waals surface area contributed by atoms with Crippen LogP contribution in [0.3, 0.4) is 0 Å². The Bertz CT molecular complexity index is 624. The molecule has 0 aliphatic carbocycles. The van der Waals surface area contributed by atoms with Crippen LogP contribution < -0.4 is 15.4 Å². The molecule has 1 aromatic rings. The van der Waals surface area contributed by atoms with Gasteiger partial charge in [-0.05, 0) is 57.9 Å². The second-order valence-corrected chi connectivity index (χ2v) is 7.20. The summed E-state index contributed by atoms with van der Waals surface area (Å²) in [6.45, 7) is 6.39. The zero-order chi connectivity index (χ0) is 20.7. The van der Waals surface area contributed by atoms with E-state index in [0.717, 1.165) is 0 Å². The second kappa shape index (κ2) is 9.53. The maximum absolute atomic E-state index is 12.5. The van der Waals surface area contributed by atoms with Crippen molar-refractivity contribution in [3.63, 3.8) is 0 Å². The molecule has 0 fully saturated rings. The van der Waals surface area contributed by atoms with Crippen LogP contribution in [-0.2, 0) is 4.74 Å². The van der Waals surface area contributed by atoms with Gasteiger partial charge in [-0.15, -0.1) is 0 Å². The highest BCUT2D eigenvalue weighted by Crippen LogP contribution is 2.18. The molecule has 2 amide bonds. The molecule has 0 saturated carbocycles. The predicted octanol–water partition coefficient (Wildman–Crippen LogP) is 4.10. The standard InChI is InChI=1S/C19H28F2N2O4/c1-6-19(7-2,12-22-17(25)27-18(3,4)5)23-15(24)13-8-10-14(11-9-13)26-16(20)21/h8-11,16H,6-7,12H2,1-5H3,(H,22,25)(H,23,24). The molecular formula is C19H28F2N2O4. The van der Waals surface area contributed by atoms with Gasteiger partial charge in [0.15, 0.2) is 0 Å². The number of amides is 2. The average molecular weight is 386 g/mol. The lowest BCUT2D eigenvalue weighted by Crippen LogP contribution is -2.55. The molecule has 0 unspecified atom stereocenters. The Morgan fingerprint density at radius 1 is 1.07 bits per heavy atom. The van der Waals surface area contributed by atoms with Crippen molar-refractivity contribution in [2.75, 3.05) is 6.54 Å². The summed E-state index contributed by atoms with van der Waals surface area (Å²) < 4.78 is 33.9. The normalized spacial score (nSPS) is 11.9. The van der Waals surface area contributed by atoms with Crippen LogP contribution in [0.15, 0.2) is 24.3 Å². The molecule has 0 atom stereocenters. The van der Waals surface area contributed by atoms with E-state index in [0.29, 0.717) is 18.4 Å². The fraction of sp³-hybridized carbons (Fsp3) is 0.579. The highest BCUT2D eigenvalue weighted by Gasteiger charge is 2.30.